The van der Waals surface area contributed by atoms with Crippen LogP contribution in [0.2, 0.25) is 0 Å². The second-order valence-electron chi connectivity index (χ2n) is 5.97. The predicted molar refractivity (Wildman–Crippen MR) is 94.7 cm³/mol. The highest BCUT2D eigenvalue weighted by Crippen LogP contribution is 2.16. The number of rotatable bonds is 9. The molecular weight excluding hydrogens is 286 g/mol. The Bertz CT molecular complexity index is 592. The van der Waals surface area contributed by atoms with Crippen LogP contribution in [0.15, 0.2) is 30.3 Å². The Morgan fingerprint density at radius 2 is 1.87 bits per heavy atom. The highest BCUT2D eigenvalue weighted by molar-refractivity contribution is 5.24. The van der Waals surface area contributed by atoms with Gasteiger partial charge in [0.25, 0.3) is 0 Å². The Balaban J connectivity index is 2.04. The average molecular weight is 315 g/mol. The lowest BCUT2D eigenvalue weighted by Crippen LogP contribution is -2.29. The number of methoxy groups -OCH3 is 1. The normalized spacial score (nSPS) is 11.3. The number of aromatic nitrogens is 2. The molecule has 0 spiro atoms. The summed E-state index contributed by atoms with van der Waals surface area (Å²) < 4.78 is 7.38. The highest BCUT2D eigenvalue weighted by atomic mass is 16.5. The largest absolute Gasteiger partial charge is 0.383 e. The molecule has 0 fully saturated rings. The van der Waals surface area contributed by atoms with Crippen molar-refractivity contribution in [2.45, 2.75) is 40.3 Å². The SMILES string of the molecule is CCn1nc(C)c(CN(CCOC)CCc2ccccc2)c1C. The number of ether oxygens (including phenoxy) is 1. The molecule has 0 saturated carbocycles. The summed E-state index contributed by atoms with van der Waals surface area (Å²) in [5.41, 5.74) is 5.17. The van der Waals surface area contributed by atoms with Crippen molar-refractivity contribution in [1.29, 1.82) is 0 Å². The molecule has 1 aromatic carbocycles. The summed E-state index contributed by atoms with van der Waals surface area (Å²) >= 11 is 0. The van der Waals surface area contributed by atoms with Gasteiger partial charge in [-0.25, -0.2) is 0 Å². The molecule has 4 nitrogen and oxygen atoms in total. The first-order valence-electron chi connectivity index (χ1n) is 8.43. The van der Waals surface area contributed by atoms with Crippen LogP contribution in [0.1, 0.15) is 29.4 Å². The fraction of sp³-hybridized carbons (Fsp3) is 0.526. The van der Waals surface area contributed by atoms with Crippen LogP contribution >= 0.6 is 0 Å². The molecule has 0 atom stereocenters. The van der Waals surface area contributed by atoms with Crippen molar-refractivity contribution in [3.8, 4) is 0 Å². The maximum absolute atomic E-state index is 5.29. The molecular formula is C19H29N3O. The van der Waals surface area contributed by atoms with E-state index in [1.54, 1.807) is 7.11 Å². The van der Waals surface area contributed by atoms with Gasteiger partial charge in [0.05, 0.1) is 12.3 Å². The van der Waals surface area contributed by atoms with E-state index in [2.05, 4.69) is 65.8 Å². The molecule has 126 valence electrons. The van der Waals surface area contributed by atoms with Crippen LogP contribution in [-0.2, 0) is 24.2 Å². The van der Waals surface area contributed by atoms with Crippen LogP contribution < -0.4 is 0 Å². The van der Waals surface area contributed by atoms with Crippen LogP contribution in [0, 0.1) is 13.8 Å². The van der Waals surface area contributed by atoms with Gasteiger partial charge in [0.1, 0.15) is 0 Å². The van der Waals surface area contributed by atoms with Gasteiger partial charge in [-0.2, -0.15) is 5.10 Å². The fourth-order valence-electron chi connectivity index (χ4n) is 2.92. The van der Waals surface area contributed by atoms with Crippen LogP contribution in [0.25, 0.3) is 0 Å². The zero-order valence-corrected chi connectivity index (χ0v) is 14.9. The standard InChI is InChI=1S/C19H29N3O/c1-5-22-17(3)19(16(2)20-22)15-21(13-14-23-4)12-11-18-9-7-6-8-10-18/h6-10H,5,11-15H2,1-4H3. The number of aryl methyl sites for hydroxylation is 2. The number of nitrogens with zero attached hydrogens (tertiary/aromatic N) is 3. The molecule has 1 heterocycles. The molecule has 0 N–H and O–H groups in total. The summed E-state index contributed by atoms with van der Waals surface area (Å²) in [5.74, 6) is 0. The summed E-state index contributed by atoms with van der Waals surface area (Å²) in [7, 11) is 1.76. The van der Waals surface area contributed by atoms with E-state index in [9.17, 15) is 0 Å². The minimum atomic E-state index is 0.759. The Hall–Kier alpha value is -1.65. The molecule has 0 aliphatic rings. The molecule has 0 saturated heterocycles. The lowest BCUT2D eigenvalue weighted by atomic mass is 10.1. The number of benzene rings is 1. The van der Waals surface area contributed by atoms with Gasteiger partial charge in [-0.1, -0.05) is 30.3 Å². The van der Waals surface area contributed by atoms with E-state index in [1.807, 2.05) is 0 Å². The van der Waals surface area contributed by atoms with Crippen molar-refractivity contribution in [3.05, 3.63) is 52.8 Å². The lowest BCUT2D eigenvalue weighted by Gasteiger charge is -2.22. The maximum Gasteiger partial charge on any atom is 0.0641 e. The van der Waals surface area contributed by atoms with Crippen LogP contribution in [0.4, 0.5) is 0 Å². The molecule has 0 aliphatic heterocycles. The van der Waals surface area contributed by atoms with Crippen molar-refractivity contribution >= 4 is 0 Å². The molecule has 0 aliphatic carbocycles. The van der Waals surface area contributed by atoms with Gasteiger partial charge in [0.15, 0.2) is 0 Å². The predicted octanol–water partition coefficient (Wildman–Crippen LogP) is 3.21. The summed E-state index contributed by atoms with van der Waals surface area (Å²) in [6.45, 7) is 11.0. The van der Waals surface area contributed by atoms with E-state index < -0.39 is 0 Å². The minimum absolute atomic E-state index is 0.759. The van der Waals surface area contributed by atoms with Gasteiger partial charge >= 0.3 is 0 Å². The van der Waals surface area contributed by atoms with Crippen molar-refractivity contribution in [2.24, 2.45) is 0 Å². The van der Waals surface area contributed by atoms with Gasteiger partial charge in [-0.15, -0.1) is 0 Å². The Labute approximate surface area is 140 Å². The van der Waals surface area contributed by atoms with E-state index >= 15 is 0 Å². The third kappa shape index (κ3) is 4.91. The molecule has 0 amide bonds. The van der Waals surface area contributed by atoms with Crippen LogP contribution in [-0.4, -0.2) is 41.5 Å². The van der Waals surface area contributed by atoms with Crippen molar-refractivity contribution < 1.29 is 4.74 Å². The zero-order valence-electron chi connectivity index (χ0n) is 14.9. The van der Waals surface area contributed by atoms with Gasteiger partial charge in [0.2, 0.25) is 0 Å². The molecule has 0 bridgehead atoms. The van der Waals surface area contributed by atoms with Crippen LogP contribution in [0.3, 0.4) is 0 Å². The van der Waals surface area contributed by atoms with Gasteiger partial charge < -0.3 is 4.74 Å². The molecule has 2 rings (SSSR count). The Kier molecular flexibility index (Phi) is 6.81. The van der Waals surface area contributed by atoms with Crippen molar-refractivity contribution in [3.63, 3.8) is 0 Å². The smallest absolute Gasteiger partial charge is 0.0641 e. The zero-order chi connectivity index (χ0) is 16.7. The third-order valence-electron chi connectivity index (χ3n) is 4.38. The molecule has 1 aromatic heterocycles. The molecule has 0 unspecified atom stereocenters. The molecule has 2 aromatic rings. The van der Waals surface area contributed by atoms with Crippen molar-refractivity contribution in [1.82, 2.24) is 14.7 Å². The second-order valence-corrected chi connectivity index (χ2v) is 5.97. The fourth-order valence-corrected chi connectivity index (χ4v) is 2.92. The molecule has 4 heteroatoms. The lowest BCUT2D eigenvalue weighted by molar-refractivity contribution is 0.144. The number of hydrogen-bond donors (Lipinski definition) is 0. The first kappa shape index (κ1) is 17.7. The van der Waals surface area contributed by atoms with E-state index in [1.165, 1.54) is 16.8 Å². The average Bonchev–Trinajstić information content (AvgIpc) is 2.85. The Morgan fingerprint density at radius 3 is 2.48 bits per heavy atom. The second kappa shape index (κ2) is 8.85. The molecule has 0 radical (unpaired) electrons. The van der Waals surface area contributed by atoms with E-state index in [0.29, 0.717) is 0 Å². The third-order valence-corrected chi connectivity index (χ3v) is 4.38. The maximum atomic E-state index is 5.29. The number of hydrogen-bond acceptors (Lipinski definition) is 3. The monoisotopic (exact) mass is 315 g/mol. The van der Waals surface area contributed by atoms with E-state index in [4.69, 9.17) is 4.74 Å². The van der Waals surface area contributed by atoms with Crippen molar-refractivity contribution in [2.75, 3.05) is 26.8 Å². The summed E-state index contributed by atoms with van der Waals surface area (Å²) in [6, 6.07) is 10.7. The van der Waals surface area contributed by atoms with Gasteiger partial charge in [0, 0.05) is 44.5 Å². The minimum Gasteiger partial charge on any atom is -0.383 e. The molecule has 23 heavy (non-hydrogen) atoms. The van der Waals surface area contributed by atoms with Crippen LogP contribution in [0.5, 0.6) is 0 Å². The summed E-state index contributed by atoms with van der Waals surface area (Å²) in [4.78, 5) is 2.47. The topological polar surface area (TPSA) is 30.3 Å². The first-order valence-corrected chi connectivity index (χ1v) is 8.43. The summed E-state index contributed by atoms with van der Waals surface area (Å²) in [5, 5.41) is 4.64. The first-order chi connectivity index (χ1) is 11.2. The quantitative estimate of drug-likeness (QED) is 0.712. The van der Waals surface area contributed by atoms with Gasteiger partial charge in [-0.3, -0.25) is 9.58 Å². The highest BCUT2D eigenvalue weighted by Gasteiger charge is 2.14. The Morgan fingerprint density at radius 1 is 1.13 bits per heavy atom. The van der Waals surface area contributed by atoms with E-state index in [0.717, 1.165) is 44.9 Å². The van der Waals surface area contributed by atoms with E-state index in [-0.39, 0.29) is 0 Å². The summed E-state index contributed by atoms with van der Waals surface area (Å²) in [6.07, 6.45) is 1.06. The van der Waals surface area contributed by atoms with Gasteiger partial charge in [-0.05, 0) is 32.8 Å².